The van der Waals surface area contributed by atoms with Crippen molar-refractivity contribution in [2.75, 3.05) is 37.0 Å². The molecular weight excluding hydrogens is 512 g/mol. The van der Waals surface area contributed by atoms with Crippen LogP contribution in [0.1, 0.15) is 12.5 Å². The molecule has 0 atom stereocenters. The fraction of sp³-hybridized carbons (Fsp3) is 0.167. The Morgan fingerprint density at radius 3 is 2.31 bits per heavy atom. The van der Waals surface area contributed by atoms with Gasteiger partial charge < -0.3 is 20.0 Å². The van der Waals surface area contributed by atoms with E-state index in [-0.39, 0.29) is 5.91 Å². The Morgan fingerprint density at radius 2 is 1.62 bits per heavy atom. The van der Waals surface area contributed by atoms with Crippen LogP contribution in [-0.2, 0) is 4.79 Å². The number of aromatic nitrogens is 2. The molecule has 9 heteroatoms. The lowest BCUT2D eigenvalue weighted by Crippen LogP contribution is -2.47. The van der Waals surface area contributed by atoms with Gasteiger partial charge in [-0.3, -0.25) is 4.79 Å². The first-order chi connectivity index (χ1) is 18.9. The van der Waals surface area contributed by atoms with Crippen LogP contribution in [0.2, 0.25) is 5.02 Å². The number of halogens is 1. The Hall–Kier alpha value is -4.56. The van der Waals surface area contributed by atoms with E-state index < -0.39 is 0 Å². The summed E-state index contributed by atoms with van der Waals surface area (Å²) in [7, 11) is 0. The monoisotopic (exact) mass is 540 g/mol. The van der Waals surface area contributed by atoms with Gasteiger partial charge in [0.15, 0.2) is 5.75 Å². The molecule has 2 N–H and O–H groups in total. The standard InChI is InChI=1S/C30H29ClN6O2/c1-21(36-16-18-37(19-17-36)22(2)38)23-6-10-26(11-7-23)33-30-32-15-14-29(34-30)24-8-12-27(13-9-24)35-39-28-5-3-4-25(31)20-28/h3-15,20,35H,1,16-19H2,2H3,(H,32,33,34). The van der Waals surface area contributed by atoms with Gasteiger partial charge in [-0.1, -0.05) is 48.5 Å². The van der Waals surface area contributed by atoms with E-state index in [0.29, 0.717) is 16.7 Å². The van der Waals surface area contributed by atoms with Crippen LogP contribution >= 0.6 is 11.6 Å². The minimum Gasteiger partial charge on any atom is -0.382 e. The smallest absolute Gasteiger partial charge is 0.227 e. The topological polar surface area (TPSA) is 82.6 Å². The van der Waals surface area contributed by atoms with E-state index in [1.165, 1.54) is 0 Å². The number of carbonyl (C=O) groups excluding carboxylic acids is 1. The lowest BCUT2D eigenvalue weighted by Gasteiger charge is -2.36. The Morgan fingerprint density at radius 1 is 0.923 bits per heavy atom. The summed E-state index contributed by atoms with van der Waals surface area (Å²) in [6, 6.07) is 24.9. The highest BCUT2D eigenvalue weighted by atomic mass is 35.5. The molecule has 0 spiro atoms. The third-order valence-corrected chi connectivity index (χ3v) is 6.74. The van der Waals surface area contributed by atoms with Gasteiger partial charge in [-0.25, -0.2) is 15.4 Å². The third-order valence-electron chi connectivity index (χ3n) is 6.50. The average molecular weight is 541 g/mol. The van der Waals surface area contributed by atoms with Gasteiger partial charge in [0.05, 0.1) is 11.4 Å². The van der Waals surface area contributed by atoms with Gasteiger partial charge in [-0.15, -0.1) is 0 Å². The first kappa shape index (κ1) is 26.1. The van der Waals surface area contributed by atoms with E-state index in [4.69, 9.17) is 16.4 Å². The van der Waals surface area contributed by atoms with Crippen molar-refractivity contribution >= 4 is 40.5 Å². The highest BCUT2D eigenvalue weighted by molar-refractivity contribution is 6.30. The van der Waals surface area contributed by atoms with Crippen molar-refractivity contribution in [3.8, 4) is 17.0 Å². The Kier molecular flexibility index (Phi) is 7.94. The van der Waals surface area contributed by atoms with Gasteiger partial charge in [0.1, 0.15) is 0 Å². The predicted molar refractivity (Wildman–Crippen MR) is 156 cm³/mol. The maximum absolute atomic E-state index is 11.6. The number of rotatable bonds is 8. The van der Waals surface area contributed by atoms with Crippen LogP contribution < -0.4 is 15.6 Å². The molecule has 0 bridgehead atoms. The van der Waals surface area contributed by atoms with Gasteiger partial charge >= 0.3 is 0 Å². The van der Waals surface area contributed by atoms with E-state index in [1.54, 1.807) is 25.3 Å². The molecule has 1 amide bonds. The second-order valence-electron chi connectivity index (χ2n) is 9.15. The van der Waals surface area contributed by atoms with Crippen molar-refractivity contribution < 1.29 is 9.63 Å². The summed E-state index contributed by atoms with van der Waals surface area (Å²) in [5.74, 6) is 1.25. The number of nitrogens with zero attached hydrogens (tertiary/aromatic N) is 4. The molecule has 1 aliphatic rings. The zero-order valence-electron chi connectivity index (χ0n) is 21.6. The molecule has 3 aromatic carbocycles. The zero-order chi connectivity index (χ0) is 27.2. The highest BCUT2D eigenvalue weighted by Gasteiger charge is 2.20. The molecule has 1 saturated heterocycles. The molecule has 5 rings (SSSR count). The minimum absolute atomic E-state index is 0.121. The van der Waals surface area contributed by atoms with Gasteiger partial charge in [-0.2, -0.15) is 0 Å². The van der Waals surface area contributed by atoms with E-state index in [2.05, 4.69) is 32.2 Å². The van der Waals surface area contributed by atoms with E-state index >= 15 is 0 Å². The van der Waals surface area contributed by atoms with Gasteiger partial charge in [-0.05, 0) is 48.0 Å². The van der Waals surface area contributed by atoms with Crippen LogP contribution in [0.25, 0.3) is 17.0 Å². The third kappa shape index (κ3) is 6.66. The number of nitrogens with one attached hydrogen (secondary N) is 2. The second kappa shape index (κ2) is 11.9. The fourth-order valence-corrected chi connectivity index (χ4v) is 4.47. The Bertz CT molecular complexity index is 1450. The molecule has 198 valence electrons. The Labute approximate surface area is 232 Å². The van der Waals surface area contributed by atoms with Crippen molar-refractivity contribution in [2.45, 2.75) is 6.92 Å². The van der Waals surface area contributed by atoms with Crippen molar-refractivity contribution in [2.24, 2.45) is 0 Å². The zero-order valence-corrected chi connectivity index (χ0v) is 22.4. The normalized spacial score (nSPS) is 13.1. The molecule has 4 aromatic rings. The summed E-state index contributed by atoms with van der Waals surface area (Å²) in [5, 5.41) is 3.89. The number of hydrogen-bond donors (Lipinski definition) is 2. The van der Waals surface area contributed by atoms with Crippen molar-refractivity contribution in [1.82, 2.24) is 19.8 Å². The molecule has 2 heterocycles. The lowest BCUT2D eigenvalue weighted by atomic mass is 10.1. The summed E-state index contributed by atoms with van der Waals surface area (Å²) >= 11 is 6.00. The summed E-state index contributed by atoms with van der Waals surface area (Å²) in [4.78, 5) is 30.3. The van der Waals surface area contributed by atoms with Crippen molar-refractivity contribution in [3.05, 3.63) is 102 Å². The Balaban J connectivity index is 1.18. The SMILES string of the molecule is C=C(c1ccc(Nc2nccc(-c3ccc(NOc4cccc(Cl)c4)cc3)n2)cc1)N1CCN(C(C)=O)CC1. The summed E-state index contributed by atoms with van der Waals surface area (Å²) < 4.78 is 0. The largest absolute Gasteiger partial charge is 0.382 e. The van der Waals surface area contributed by atoms with Gasteiger partial charge in [0.25, 0.3) is 0 Å². The quantitative estimate of drug-likeness (QED) is 0.262. The van der Waals surface area contributed by atoms with Crippen LogP contribution in [0.3, 0.4) is 0 Å². The van der Waals surface area contributed by atoms with Crippen molar-refractivity contribution in [3.63, 3.8) is 0 Å². The number of carbonyl (C=O) groups is 1. The molecule has 39 heavy (non-hydrogen) atoms. The first-order valence-corrected chi connectivity index (χ1v) is 13.0. The molecule has 1 fully saturated rings. The predicted octanol–water partition coefficient (Wildman–Crippen LogP) is 6.08. The maximum Gasteiger partial charge on any atom is 0.227 e. The molecule has 0 radical (unpaired) electrons. The van der Waals surface area contributed by atoms with Gasteiger partial charge in [0.2, 0.25) is 11.9 Å². The molecule has 1 aliphatic heterocycles. The number of benzene rings is 3. The second-order valence-corrected chi connectivity index (χ2v) is 9.58. The van der Waals surface area contributed by atoms with Gasteiger partial charge in [0, 0.05) is 67.3 Å². The van der Waals surface area contributed by atoms with E-state index in [9.17, 15) is 4.79 Å². The number of anilines is 3. The molecule has 0 saturated carbocycles. The number of hydrogen-bond acceptors (Lipinski definition) is 7. The molecule has 1 aromatic heterocycles. The summed E-state index contributed by atoms with van der Waals surface area (Å²) in [6.45, 7) is 8.89. The number of amides is 1. The van der Waals surface area contributed by atoms with Crippen LogP contribution in [-0.4, -0.2) is 51.9 Å². The fourth-order valence-electron chi connectivity index (χ4n) is 4.29. The number of piperazine rings is 1. The lowest BCUT2D eigenvalue weighted by molar-refractivity contribution is -0.130. The molecule has 8 nitrogen and oxygen atoms in total. The summed E-state index contributed by atoms with van der Waals surface area (Å²) in [5.41, 5.74) is 8.34. The molecule has 0 aliphatic carbocycles. The van der Waals surface area contributed by atoms with Crippen LogP contribution in [0.15, 0.2) is 91.6 Å². The highest BCUT2D eigenvalue weighted by Crippen LogP contribution is 2.25. The van der Waals surface area contributed by atoms with Crippen LogP contribution in [0, 0.1) is 0 Å². The maximum atomic E-state index is 11.6. The van der Waals surface area contributed by atoms with Crippen LogP contribution in [0.5, 0.6) is 5.75 Å². The minimum atomic E-state index is 0.121. The molecular formula is C30H29ClN6O2. The average Bonchev–Trinajstić information content (AvgIpc) is 2.97. The molecule has 0 unspecified atom stereocenters. The van der Waals surface area contributed by atoms with Crippen LogP contribution in [0.4, 0.5) is 17.3 Å². The van der Waals surface area contributed by atoms with E-state index in [0.717, 1.165) is 60.1 Å². The van der Waals surface area contributed by atoms with E-state index in [1.807, 2.05) is 71.6 Å². The van der Waals surface area contributed by atoms with Crippen molar-refractivity contribution in [1.29, 1.82) is 0 Å². The first-order valence-electron chi connectivity index (χ1n) is 12.6. The summed E-state index contributed by atoms with van der Waals surface area (Å²) in [6.07, 6.45) is 1.73.